The molecule has 0 saturated heterocycles. The van der Waals surface area contributed by atoms with E-state index in [9.17, 15) is 18.0 Å². The van der Waals surface area contributed by atoms with Crippen molar-refractivity contribution in [1.29, 1.82) is 0 Å². The molecule has 160 valence electrons. The third-order valence-corrected chi connectivity index (χ3v) is 6.16. The fourth-order valence-corrected chi connectivity index (χ4v) is 4.38. The highest BCUT2D eigenvalue weighted by atomic mass is 32.2. The number of carbonyl (C=O) groups is 1. The molecular formula is C21H19N3O6S. The average Bonchev–Trinajstić information content (AvgIpc) is 3.21. The van der Waals surface area contributed by atoms with Gasteiger partial charge in [-0.05, 0) is 49.4 Å². The summed E-state index contributed by atoms with van der Waals surface area (Å²) in [6.07, 6.45) is 1.41. The van der Waals surface area contributed by atoms with E-state index in [-0.39, 0.29) is 28.3 Å². The lowest BCUT2D eigenvalue weighted by Crippen LogP contribution is -2.13. The van der Waals surface area contributed by atoms with E-state index in [2.05, 4.69) is 14.7 Å². The predicted octanol–water partition coefficient (Wildman–Crippen LogP) is 3.00. The largest absolute Gasteiger partial charge is 0.497 e. The van der Waals surface area contributed by atoms with Gasteiger partial charge in [0, 0.05) is 28.2 Å². The van der Waals surface area contributed by atoms with Crippen LogP contribution in [-0.4, -0.2) is 38.1 Å². The molecule has 2 aromatic heterocycles. The fraction of sp³-hybridized carbons (Fsp3) is 0.143. The van der Waals surface area contributed by atoms with Crippen LogP contribution in [0.15, 0.2) is 58.4 Å². The number of hydrogen-bond donors (Lipinski definition) is 3. The minimum Gasteiger partial charge on any atom is -0.497 e. The Kier molecular flexibility index (Phi) is 5.15. The van der Waals surface area contributed by atoms with Crippen molar-refractivity contribution in [3.63, 3.8) is 0 Å². The van der Waals surface area contributed by atoms with E-state index >= 15 is 0 Å². The number of nitrogens with one attached hydrogen (secondary N) is 3. The summed E-state index contributed by atoms with van der Waals surface area (Å²) in [4.78, 5) is 30.3. The number of anilines is 1. The zero-order valence-corrected chi connectivity index (χ0v) is 17.5. The topological polar surface area (TPSA) is 130 Å². The van der Waals surface area contributed by atoms with Gasteiger partial charge in [-0.1, -0.05) is 0 Å². The first-order chi connectivity index (χ1) is 14.8. The zero-order chi connectivity index (χ0) is 22.2. The van der Waals surface area contributed by atoms with Crippen molar-refractivity contribution in [2.75, 3.05) is 18.4 Å². The third kappa shape index (κ3) is 3.73. The third-order valence-electron chi connectivity index (χ3n) is 4.76. The van der Waals surface area contributed by atoms with Crippen LogP contribution in [0, 0.1) is 0 Å². The van der Waals surface area contributed by atoms with E-state index in [0.29, 0.717) is 22.0 Å². The maximum Gasteiger partial charge on any atom is 0.340 e. The van der Waals surface area contributed by atoms with Crippen molar-refractivity contribution in [2.24, 2.45) is 0 Å². The van der Waals surface area contributed by atoms with Crippen LogP contribution in [0.4, 0.5) is 5.69 Å². The summed E-state index contributed by atoms with van der Waals surface area (Å²) in [5.74, 6) is -0.0418. The van der Waals surface area contributed by atoms with Crippen LogP contribution in [0.3, 0.4) is 0 Å². The van der Waals surface area contributed by atoms with Crippen LogP contribution in [-0.2, 0) is 14.8 Å². The van der Waals surface area contributed by atoms with Gasteiger partial charge in [-0.3, -0.25) is 9.52 Å². The van der Waals surface area contributed by atoms with Crippen LogP contribution < -0.4 is 15.0 Å². The number of ether oxygens (including phenoxy) is 2. The van der Waals surface area contributed by atoms with E-state index < -0.39 is 21.6 Å². The van der Waals surface area contributed by atoms with Crippen molar-refractivity contribution in [2.45, 2.75) is 11.8 Å². The van der Waals surface area contributed by atoms with Crippen LogP contribution in [0.25, 0.3) is 21.8 Å². The Morgan fingerprint density at radius 2 is 1.87 bits per heavy atom. The molecule has 0 fully saturated rings. The van der Waals surface area contributed by atoms with E-state index in [1.807, 2.05) is 0 Å². The van der Waals surface area contributed by atoms with Crippen molar-refractivity contribution in [3.05, 3.63) is 64.6 Å². The number of H-pyrrole nitrogens is 2. The van der Waals surface area contributed by atoms with Gasteiger partial charge in [0.2, 0.25) is 0 Å². The molecule has 0 spiro atoms. The fourth-order valence-electron chi connectivity index (χ4n) is 3.33. The lowest BCUT2D eigenvalue weighted by Gasteiger charge is -2.10. The second kappa shape index (κ2) is 7.80. The second-order valence-corrected chi connectivity index (χ2v) is 8.35. The summed E-state index contributed by atoms with van der Waals surface area (Å²) < 4.78 is 38.2. The Morgan fingerprint density at radius 3 is 2.55 bits per heavy atom. The van der Waals surface area contributed by atoms with Crippen molar-refractivity contribution in [3.8, 4) is 5.75 Å². The number of benzene rings is 2. The molecule has 0 amide bonds. The average molecular weight is 441 g/mol. The lowest BCUT2D eigenvalue weighted by molar-refractivity contribution is 0.0529. The number of aromatic nitrogens is 2. The van der Waals surface area contributed by atoms with Crippen molar-refractivity contribution < 1.29 is 22.7 Å². The molecule has 0 radical (unpaired) electrons. The number of sulfonamides is 1. The normalized spacial score (nSPS) is 11.5. The Morgan fingerprint density at radius 1 is 1.13 bits per heavy atom. The smallest absolute Gasteiger partial charge is 0.340 e. The van der Waals surface area contributed by atoms with Gasteiger partial charge in [-0.2, -0.15) is 0 Å². The number of carbonyl (C=O) groups excluding carboxylic acids is 1. The number of hydrogen-bond acceptors (Lipinski definition) is 6. The summed E-state index contributed by atoms with van der Waals surface area (Å²) in [7, 11) is -2.37. The van der Waals surface area contributed by atoms with E-state index in [4.69, 9.17) is 9.47 Å². The quantitative estimate of drug-likeness (QED) is 0.394. The van der Waals surface area contributed by atoms with Crippen LogP contribution in [0.2, 0.25) is 0 Å². The van der Waals surface area contributed by atoms with Gasteiger partial charge in [-0.15, -0.1) is 0 Å². The van der Waals surface area contributed by atoms with Gasteiger partial charge >= 0.3 is 5.97 Å². The molecule has 0 aliphatic rings. The first-order valence-electron chi connectivity index (χ1n) is 9.35. The number of aromatic amines is 2. The molecule has 0 bridgehead atoms. The molecule has 10 heteroatoms. The zero-order valence-electron chi connectivity index (χ0n) is 16.7. The number of pyridine rings is 1. The van der Waals surface area contributed by atoms with Gasteiger partial charge in [0.25, 0.3) is 15.6 Å². The maximum absolute atomic E-state index is 12.8. The van der Waals surface area contributed by atoms with Crippen molar-refractivity contribution in [1.82, 2.24) is 9.97 Å². The molecule has 4 aromatic rings. The molecule has 31 heavy (non-hydrogen) atoms. The lowest BCUT2D eigenvalue weighted by atomic mass is 10.1. The van der Waals surface area contributed by atoms with E-state index in [0.717, 1.165) is 0 Å². The molecule has 2 heterocycles. The van der Waals surface area contributed by atoms with Gasteiger partial charge < -0.3 is 19.4 Å². The summed E-state index contributed by atoms with van der Waals surface area (Å²) in [6.45, 7) is 1.86. The van der Waals surface area contributed by atoms with Crippen LogP contribution in [0.1, 0.15) is 17.3 Å². The summed E-state index contributed by atoms with van der Waals surface area (Å²) in [5.41, 5.74) is 0.723. The predicted molar refractivity (Wildman–Crippen MR) is 116 cm³/mol. The highest BCUT2D eigenvalue weighted by Crippen LogP contribution is 2.28. The molecule has 2 aromatic carbocycles. The molecule has 3 N–H and O–H groups in total. The Bertz CT molecular complexity index is 1450. The number of fused-ring (bicyclic) bond motifs is 3. The van der Waals surface area contributed by atoms with Gasteiger partial charge in [0.15, 0.2) is 0 Å². The summed E-state index contributed by atoms with van der Waals surface area (Å²) >= 11 is 0. The van der Waals surface area contributed by atoms with E-state index in [1.165, 1.54) is 31.5 Å². The number of methoxy groups -OCH3 is 1. The number of rotatable bonds is 6. The number of esters is 1. The highest BCUT2D eigenvalue weighted by molar-refractivity contribution is 7.92. The molecule has 4 rings (SSSR count). The van der Waals surface area contributed by atoms with E-state index in [1.54, 1.807) is 31.2 Å². The van der Waals surface area contributed by atoms with Crippen molar-refractivity contribution >= 4 is 43.5 Å². The SMILES string of the molecule is CCOC(=O)c1c[nH]c2c(=O)[nH]c3ccc(NS(=O)(=O)c4ccc(OC)cc4)cc3c12. The molecule has 0 aliphatic carbocycles. The second-order valence-electron chi connectivity index (χ2n) is 6.67. The first kappa shape index (κ1) is 20.5. The summed E-state index contributed by atoms with van der Waals surface area (Å²) in [5, 5.41) is 0.858. The van der Waals surface area contributed by atoms with Gasteiger partial charge in [0.1, 0.15) is 11.3 Å². The maximum atomic E-state index is 12.8. The highest BCUT2D eigenvalue weighted by Gasteiger charge is 2.19. The minimum absolute atomic E-state index is 0.0638. The summed E-state index contributed by atoms with van der Waals surface area (Å²) in [6, 6.07) is 10.6. The standard InChI is InChI=1S/C21H19N3O6S/c1-3-30-21(26)16-11-22-19-18(16)15-10-12(4-9-17(15)23-20(19)25)24-31(27,28)14-7-5-13(29-2)6-8-14/h4-11,22,24H,3H2,1-2H3,(H,23,25). The molecule has 0 aliphatic heterocycles. The van der Waals surface area contributed by atoms with Gasteiger partial charge in [0.05, 0.1) is 24.2 Å². The molecule has 0 saturated carbocycles. The molecule has 0 unspecified atom stereocenters. The Balaban J connectivity index is 1.82. The molecule has 0 atom stereocenters. The van der Waals surface area contributed by atoms with Crippen LogP contribution >= 0.6 is 0 Å². The molecule has 9 nitrogen and oxygen atoms in total. The molecular weight excluding hydrogens is 422 g/mol. The monoisotopic (exact) mass is 441 g/mol. The Hall–Kier alpha value is -3.79. The minimum atomic E-state index is -3.87. The van der Waals surface area contributed by atoms with Gasteiger partial charge in [-0.25, -0.2) is 13.2 Å². The Labute approximate surface area is 177 Å². The van der Waals surface area contributed by atoms with Crippen LogP contribution in [0.5, 0.6) is 5.75 Å². The first-order valence-corrected chi connectivity index (χ1v) is 10.8.